The van der Waals surface area contributed by atoms with E-state index in [0.717, 1.165) is 12.0 Å². The molecule has 1 aromatic carbocycles. The van der Waals surface area contributed by atoms with Crippen molar-refractivity contribution in [2.45, 2.75) is 31.9 Å². The van der Waals surface area contributed by atoms with Gasteiger partial charge in [0.25, 0.3) is 0 Å². The van der Waals surface area contributed by atoms with Crippen molar-refractivity contribution in [1.82, 2.24) is 5.32 Å². The zero-order chi connectivity index (χ0) is 15.4. The van der Waals surface area contributed by atoms with Crippen molar-refractivity contribution in [2.75, 3.05) is 18.8 Å². The minimum Gasteiger partial charge on any atom is -0.315 e. The molecule has 1 rings (SSSR count). The van der Waals surface area contributed by atoms with E-state index in [1.54, 1.807) is 32.9 Å². The van der Waals surface area contributed by atoms with Crippen LogP contribution in [0.1, 0.15) is 26.3 Å². The van der Waals surface area contributed by atoms with Crippen LogP contribution in [0.4, 0.5) is 0 Å². The predicted octanol–water partition coefficient (Wildman–Crippen LogP) is 3.34. The summed E-state index contributed by atoms with van der Waals surface area (Å²) in [5.74, 6) is 0.144. The van der Waals surface area contributed by atoms with Gasteiger partial charge in [-0.25, -0.2) is 8.42 Å². The molecule has 114 valence electrons. The maximum Gasteiger partial charge on any atom is 0.156 e. The zero-order valence-electron chi connectivity index (χ0n) is 12.0. The van der Waals surface area contributed by atoms with E-state index < -0.39 is 14.6 Å². The van der Waals surface area contributed by atoms with E-state index in [1.165, 1.54) is 0 Å². The lowest BCUT2D eigenvalue weighted by Gasteiger charge is -2.19. The number of benzene rings is 1. The molecule has 0 heterocycles. The third kappa shape index (κ3) is 5.24. The Hall–Kier alpha value is -0.290. The molecule has 0 spiro atoms. The summed E-state index contributed by atoms with van der Waals surface area (Å²) in [5, 5.41) is 4.39. The minimum absolute atomic E-state index is 0.144. The lowest BCUT2D eigenvalue weighted by molar-refractivity contribution is 0.556. The highest BCUT2D eigenvalue weighted by atomic mass is 35.5. The Labute approximate surface area is 131 Å². The molecule has 6 heteroatoms. The Bertz CT molecular complexity index is 551. The molecule has 0 amide bonds. The van der Waals surface area contributed by atoms with Crippen LogP contribution in [0.25, 0.3) is 0 Å². The van der Waals surface area contributed by atoms with Crippen LogP contribution in [0.3, 0.4) is 0 Å². The summed E-state index contributed by atoms with van der Waals surface area (Å²) >= 11 is 11.9. The molecule has 0 saturated carbocycles. The van der Waals surface area contributed by atoms with Gasteiger partial charge in [0.2, 0.25) is 0 Å². The monoisotopic (exact) mass is 337 g/mol. The fourth-order valence-electron chi connectivity index (χ4n) is 1.59. The molecule has 1 N–H and O–H groups in total. The Balaban J connectivity index is 2.36. The number of halogens is 2. The maximum atomic E-state index is 11.9. The number of hydrogen-bond acceptors (Lipinski definition) is 3. The lowest BCUT2D eigenvalue weighted by atomic mass is 10.1. The largest absolute Gasteiger partial charge is 0.315 e. The Morgan fingerprint density at radius 2 is 1.80 bits per heavy atom. The molecule has 0 aliphatic heterocycles. The van der Waals surface area contributed by atoms with Crippen molar-refractivity contribution in [3.63, 3.8) is 0 Å². The number of rotatable bonds is 6. The van der Waals surface area contributed by atoms with Crippen molar-refractivity contribution in [2.24, 2.45) is 0 Å². The molecule has 20 heavy (non-hydrogen) atoms. The maximum absolute atomic E-state index is 11.9. The van der Waals surface area contributed by atoms with E-state index in [4.69, 9.17) is 23.2 Å². The summed E-state index contributed by atoms with van der Waals surface area (Å²) in [6, 6.07) is 5.40. The fraction of sp³-hybridized carbons (Fsp3) is 0.571. The summed E-state index contributed by atoms with van der Waals surface area (Å²) in [4.78, 5) is 0. The molecule has 0 unspecified atom stereocenters. The number of nitrogens with one attached hydrogen (secondary N) is 1. The van der Waals surface area contributed by atoms with Crippen LogP contribution in [0.5, 0.6) is 0 Å². The second-order valence-corrected chi connectivity index (χ2v) is 9.37. The average molecular weight is 338 g/mol. The fourth-order valence-corrected chi connectivity index (χ4v) is 3.11. The van der Waals surface area contributed by atoms with Crippen LogP contribution in [-0.4, -0.2) is 32.0 Å². The summed E-state index contributed by atoms with van der Waals surface area (Å²) in [7, 11) is -3.06. The van der Waals surface area contributed by atoms with Gasteiger partial charge >= 0.3 is 0 Å². The third-order valence-electron chi connectivity index (χ3n) is 3.07. The highest BCUT2D eigenvalue weighted by Crippen LogP contribution is 2.21. The topological polar surface area (TPSA) is 46.2 Å². The van der Waals surface area contributed by atoms with Crippen molar-refractivity contribution in [1.29, 1.82) is 0 Å². The average Bonchev–Trinajstić information content (AvgIpc) is 2.29. The summed E-state index contributed by atoms with van der Waals surface area (Å²) < 4.78 is 23.1. The molecule has 0 aliphatic rings. The first-order valence-corrected chi connectivity index (χ1v) is 8.91. The predicted molar refractivity (Wildman–Crippen MR) is 86.6 cm³/mol. The molecular formula is C14H21Cl2NO2S. The first-order valence-electron chi connectivity index (χ1n) is 6.50. The molecule has 0 aromatic heterocycles. The van der Waals surface area contributed by atoms with E-state index >= 15 is 0 Å². The van der Waals surface area contributed by atoms with Gasteiger partial charge in [-0.3, -0.25) is 0 Å². The summed E-state index contributed by atoms with van der Waals surface area (Å²) in [6.45, 7) is 6.28. The second-order valence-electron chi connectivity index (χ2n) is 5.67. The van der Waals surface area contributed by atoms with Crippen LogP contribution in [0, 0.1) is 0 Å². The standard InChI is InChI=1S/C14H21Cl2NO2S/c1-14(2,3)20(18,19)9-8-17-7-6-11-4-5-12(15)10-13(11)16/h4-5,10,17H,6-9H2,1-3H3. The van der Waals surface area contributed by atoms with E-state index in [0.29, 0.717) is 23.1 Å². The van der Waals surface area contributed by atoms with Crippen LogP contribution >= 0.6 is 23.2 Å². The van der Waals surface area contributed by atoms with E-state index in [2.05, 4.69) is 5.32 Å². The Kier molecular flexibility index (Phi) is 6.32. The normalized spacial score (nSPS) is 12.7. The lowest BCUT2D eigenvalue weighted by Crippen LogP contribution is -2.35. The quantitative estimate of drug-likeness (QED) is 0.809. The van der Waals surface area contributed by atoms with Crippen molar-refractivity contribution < 1.29 is 8.42 Å². The second kappa shape index (κ2) is 7.12. The Morgan fingerprint density at radius 3 is 2.35 bits per heavy atom. The van der Waals surface area contributed by atoms with Gasteiger partial charge in [-0.2, -0.15) is 0 Å². The van der Waals surface area contributed by atoms with Gasteiger partial charge in [-0.1, -0.05) is 29.3 Å². The molecule has 0 saturated heterocycles. The smallest absolute Gasteiger partial charge is 0.156 e. The molecule has 0 atom stereocenters. The third-order valence-corrected chi connectivity index (χ3v) is 6.26. The highest BCUT2D eigenvalue weighted by Gasteiger charge is 2.27. The number of hydrogen-bond donors (Lipinski definition) is 1. The van der Waals surface area contributed by atoms with Crippen LogP contribution in [0.2, 0.25) is 10.0 Å². The molecular weight excluding hydrogens is 317 g/mol. The molecule has 0 radical (unpaired) electrons. The van der Waals surface area contributed by atoms with E-state index in [-0.39, 0.29) is 5.75 Å². The van der Waals surface area contributed by atoms with Crippen molar-refractivity contribution in [3.05, 3.63) is 33.8 Å². The molecule has 0 bridgehead atoms. The van der Waals surface area contributed by atoms with Gasteiger partial charge in [0, 0.05) is 16.6 Å². The van der Waals surface area contributed by atoms with Gasteiger partial charge in [0.05, 0.1) is 10.5 Å². The molecule has 0 fully saturated rings. The molecule has 0 aliphatic carbocycles. The zero-order valence-corrected chi connectivity index (χ0v) is 14.4. The molecule has 1 aromatic rings. The van der Waals surface area contributed by atoms with Crippen molar-refractivity contribution >= 4 is 33.0 Å². The molecule has 3 nitrogen and oxygen atoms in total. The van der Waals surface area contributed by atoms with Crippen LogP contribution < -0.4 is 5.32 Å². The van der Waals surface area contributed by atoms with Crippen LogP contribution in [0.15, 0.2) is 18.2 Å². The van der Waals surface area contributed by atoms with Gasteiger partial charge < -0.3 is 5.32 Å². The van der Waals surface area contributed by atoms with Crippen molar-refractivity contribution in [3.8, 4) is 0 Å². The summed E-state index contributed by atoms with van der Waals surface area (Å²) in [6.07, 6.45) is 0.742. The van der Waals surface area contributed by atoms with Gasteiger partial charge in [-0.05, 0) is 51.4 Å². The Morgan fingerprint density at radius 1 is 1.15 bits per heavy atom. The van der Waals surface area contributed by atoms with E-state index in [9.17, 15) is 8.42 Å². The first-order chi connectivity index (χ1) is 9.13. The van der Waals surface area contributed by atoms with Gasteiger partial charge in [0.15, 0.2) is 9.84 Å². The highest BCUT2D eigenvalue weighted by molar-refractivity contribution is 7.92. The minimum atomic E-state index is -3.06. The van der Waals surface area contributed by atoms with Crippen LogP contribution in [-0.2, 0) is 16.3 Å². The van der Waals surface area contributed by atoms with Gasteiger partial charge in [0.1, 0.15) is 0 Å². The first kappa shape index (κ1) is 17.8. The van der Waals surface area contributed by atoms with Gasteiger partial charge in [-0.15, -0.1) is 0 Å². The van der Waals surface area contributed by atoms with E-state index in [1.807, 2.05) is 6.07 Å². The number of sulfone groups is 1. The SMILES string of the molecule is CC(C)(C)S(=O)(=O)CCNCCc1ccc(Cl)cc1Cl. The summed E-state index contributed by atoms with van der Waals surface area (Å²) in [5.41, 5.74) is 1.00.